The number of hydrogen-bond acceptors (Lipinski definition) is 2. The number of benzene rings is 1. The molecule has 0 saturated carbocycles. The minimum Gasteiger partial charge on any atom is -0.464 e. The second-order valence-electron chi connectivity index (χ2n) is 3.81. The maximum Gasteiger partial charge on any atom is 0.134 e. The molecule has 2 nitrogen and oxygen atoms in total. The predicted octanol–water partition coefficient (Wildman–Crippen LogP) is 3.45. The Morgan fingerprint density at radius 2 is 2.00 bits per heavy atom. The Bertz CT molecular complexity index is 420. The summed E-state index contributed by atoms with van der Waals surface area (Å²) >= 11 is 0. The van der Waals surface area contributed by atoms with E-state index in [2.05, 4.69) is 30.4 Å². The van der Waals surface area contributed by atoms with Crippen molar-refractivity contribution in [2.45, 2.75) is 19.9 Å². The Labute approximate surface area is 96.3 Å². The Morgan fingerprint density at radius 1 is 1.12 bits per heavy atom. The number of hydrogen-bond donors (Lipinski definition) is 1. The van der Waals surface area contributed by atoms with Crippen LogP contribution in [0, 0.1) is 0 Å². The van der Waals surface area contributed by atoms with E-state index in [1.807, 2.05) is 18.2 Å². The largest absolute Gasteiger partial charge is 0.464 e. The molecule has 1 aromatic heterocycles. The third-order valence-electron chi connectivity index (χ3n) is 2.55. The van der Waals surface area contributed by atoms with Crippen LogP contribution in [0.3, 0.4) is 0 Å². The summed E-state index contributed by atoms with van der Waals surface area (Å²) in [6, 6.07) is 12.3. The quantitative estimate of drug-likeness (QED) is 0.773. The molecule has 2 heteroatoms. The molecule has 1 heterocycles. The molecule has 0 radical (unpaired) electrons. The van der Waals surface area contributed by atoms with Gasteiger partial charge in [-0.25, -0.2) is 0 Å². The van der Waals surface area contributed by atoms with Gasteiger partial charge in [0, 0.05) is 12.1 Å². The first kappa shape index (κ1) is 11.0. The average molecular weight is 215 g/mol. The van der Waals surface area contributed by atoms with Gasteiger partial charge in [0.1, 0.15) is 5.76 Å². The monoisotopic (exact) mass is 215 g/mol. The summed E-state index contributed by atoms with van der Waals surface area (Å²) in [4.78, 5) is 0. The van der Waals surface area contributed by atoms with Crippen LogP contribution < -0.4 is 5.32 Å². The van der Waals surface area contributed by atoms with Crippen LogP contribution in [0.25, 0.3) is 11.3 Å². The highest BCUT2D eigenvalue weighted by Gasteiger charge is 2.05. The molecule has 0 amide bonds. The van der Waals surface area contributed by atoms with E-state index >= 15 is 0 Å². The van der Waals surface area contributed by atoms with Crippen molar-refractivity contribution in [1.29, 1.82) is 0 Å². The van der Waals surface area contributed by atoms with E-state index in [0.29, 0.717) is 0 Å². The van der Waals surface area contributed by atoms with Gasteiger partial charge in [0.2, 0.25) is 0 Å². The van der Waals surface area contributed by atoms with Gasteiger partial charge in [-0.05, 0) is 30.7 Å². The first-order valence-corrected chi connectivity index (χ1v) is 5.74. The van der Waals surface area contributed by atoms with E-state index in [9.17, 15) is 0 Å². The van der Waals surface area contributed by atoms with E-state index in [0.717, 1.165) is 25.3 Å². The van der Waals surface area contributed by atoms with Gasteiger partial charge in [-0.3, -0.25) is 0 Å². The zero-order chi connectivity index (χ0) is 11.2. The standard InChI is InChI=1S/C14H17NO/c1-2-9-15-11-12-6-3-4-7-13(12)14-8-5-10-16-14/h3-8,10,15H,2,9,11H2,1H3. The maximum atomic E-state index is 5.44. The number of furan rings is 1. The summed E-state index contributed by atoms with van der Waals surface area (Å²) in [6.45, 7) is 4.11. The normalized spacial score (nSPS) is 10.6. The molecule has 0 aliphatic rings. The molecule has 0 aliphatic heterocycles. The molecule has 16 heavy (non-hydrogen) atoms. The zero-order valence-corrected chi connectivity index (χ0v) is 9.57. The summed E-state index contributed by atoms with van der Waals surface area (Å²) in [6.07, 6.45) is 2.87. The minimum absolute atomic E-state index is 0.894. The molecule has 0 bridgehead atoms. The third-order valence-corrected chi connectivity index (χ3v) is 2.55. The fourth-order valence-corrected chi connectivity index (χ4v) is 1.75. The fraction of sp³-hybridized carbons (Fsp3) is 0.286. The third kappa shape index (κ3) is 2.52. The molecule has 2 aromatic rings. The highest BCUT2D eigenvalue weighted by molar-refractivity contribution is 5.61. The molecule has 0 unspecified atom stereocenters. The van der Waals surface area contributed by atoms with Crippen LogP contribution in [-0.2, 0) is 6.54 Å². The Balaban J connectivity index is 2.18. The Kier molecular flexibility index (Phi) is 3.78. The average Bonchev–Trinajstić information content (AvgIpc) is 2.83. The van der Waals surface area contributed by atoms with Crippen molar-refractivity contribution in [3.63, 3.8) is 0 Å². The summed E-state index contributed by atoms with van der Waals surface area (Å²) in [7, 11) is 0. The van der Waals surface area contributed by atoms with Crippen molar-refractivity contribution in [3.8, 4) is 11.3 Å². The molecule has 0 aliphatic carbocycles. The second-order valence-corrected chi connectivity index (χ2v) is 3.81. The van der Waals surface area contributed by atoms with Crippen LogP contribution in [0.4, 0.5) is 0 Å². The van der Waals surface area contributed by atoms with Gasteiger partial charge in [0.25, 0.3) is 0 Å². The molecule has 0 fully saturated rings. The lowest BCUT2D eigenvalue weighted by atomic mass is 10.1. The van der Waals surface area contributed by atoms with E-state index in [1.54, 1.807) is 6.26 Å². The van der Waals surface area contributed by atoms with Crippen molar-refractivity contribution < 1.29 is 4.42 Å². The molecule has 0 spiro atoms. The zero-order valence-electron chi connectivity index (χ0n) is 9.57. The van der Waals surface area contributed by atoms with Crippen LogP contribution in [0.1, 0.15) is 18.9 Å². The van der Waals surface area contributed by atoms with E-state index in [1.165, 1.54) is 11.1 Å². The van der Waals surface area contributed by atoms with Gasteiger partial charge in [0.15, 0.2) is 0 Å². The molecule has 1 N–H and O–H groups in total. The second kappa shape index (κ2) is 5.52. The summed E-state index contributed by atoms with van der Waals surface area (Å²) in [5.41, 5.74) is 2.46. The van der Waals surface area contributed by atoms with Gasteiger partial charge in [-0.2, -0.15) is 0 Å². The van der Waals surface area contributed by atoms with Crippen molar-refractivity contribution in [1.82, 2.24) is 5.32 Å². The molecular formula is C14H17NO. The lowest BCUT2D eigenvalue weighted by Crippen LogP contribution is -2.14. The Hall–Kier alpha value is -1.54. The molecule has 0 atom stereocenters. The van der Waals surface area contributed by atoms with Gasteiger partial charge >= 0.3 is 0 Å². The number of nitrogens with one attached hydrogen (secondary N) is 1. The van der Waals surface area contributed by atoms with E-state index < -0.39 is 0 Å². The van der Waals surface area contributed by atoms with Crippen molar-refractivity contribution >= 4 is 0 Å². The van der Waals surface area contributed by atoms with E-state index in [-0.39, 0.29) is 0 Å². The van der Waals surface area contributed by atoms with Crippen molar-refractivity contribution in [3.05, 3.63) is 48.2 Å². The highest BCUT2D eigenvalue weighted by atomic mass is 16.3. The Morgan fingerprint density at radius 3 is 2.75 bits per heavy atom. The topological polar surface area (TPSA) is 25.2 Å². The highest BCUT2D eigenvalue weighted by Crippen LogP contribution is 2.23. The first-order valence-electron chi connectivity index (χ1n) is 5.74. The van der Waals surface area contributed by atoms with Gasteiger partial charge in [-0.1, -0.05) is 31.2 Å². The SMILES string of the molecule is CCCNCc1ccccc1-c1ccco1. The minimum atomic E-state index is 0.894. The molecule has 84 valence electrons. The first-order chi connectivity index (χ1) is 7.92. The summed E-state index contributed by atoms with van der Waals surface area (Å²) in [5.74, 6) is 0.939. The van der Waals surface area contributed by atoms with Crippen LogP contribution in [0.15, 0.2) is 47.1 Å². The van der Waals surface area contributed by atoms with E-state index in [4.69, 9.17) is 4.42 Å². The molecular weight excluding hydrogens is 198 g/mol. The molecule has 1 aromatic carbocycles. The van der Waals surface area contributed by atoms with Gasteiger partial charge in [0.05, 0.1) is 6.26 Å². The summed E-state index contributed by atoms with van der Waals surface area (Å²) < 4.78 is 5.44. The fourth-order valence-electron chi connectivity index (χ4n) is 1.75. The predicted molar refractivity (Wildman–Crippen MR) is 66.1 cm³/mol. The van der Waals surface area contributed by atoms with Gasteiger partial charge in [-0.15, -0.1) is 0 Å². The molecule has 0 saturated heterocycles. The number of rotatable bonds is 5. The lowest BCUT2D eigenvalue weighted by molar-refractivity contribution is 0.580. The van der Waals surface area contributed by atoms with Crippen molar-refractivity contribution in [2.75, 3.05) is 6.54 Å². The molecule has 2 rings (SSSR count). The van der Waals surface area contributed by atoms with Crippen LogP contribution in [0.2, 0.25) is 0 Å². The summed E-state index contributed by atoms with van der Waals surface area (Å²) in [5, 5.41) is 3.41. The smallest absolute Gasteiger partial charge is 0.134 e. The van der Waals surface area contributed by atoms with Gasteiger partial charge < -0.3 is 9.73 Å². The van der Waals surface area contributed by atoms with Crippen LogP contribution >= 0.6 is 0 Å². The van der Waals surface area contributed by atoms with Crippen LogP contribution in [-0.4, -0.2) is 6.54 Å². The van der Waals surface area contributed by atoms with Crippen molar-refractivity contribution in [2.24, 2.45) is 0 Å². The lowest BCUT2D eigenvalue weighted by Gasteiger charge is -2.08. The maximum absolute atomic E-state index is 5.44. The van der Waals surface area contributed by atoms with Crippen LogP contribution in [0.5, 0.6) is 0 Å².